The van der Waals surface area contributed by atoms with Crippen LogP contribution in [0.15, 0.2) is 30.6 Å². The van der Waals surface area contributed by atoms with E-state index in [2.05, 4.69) is 32.0 Å². The lowest BCUT2D eigenvalue weighted by molar-refractivity contribution is -0.129. The minimum absolute atomic E-state index is 0.137. The number of aromatic nitrogens is 2. The number of hydrogen-bond acceptors (Lipinski definition) is 5. The maximum atomic E-state index is 12.6. The van der Waals surface area contributed by atoms with E-state index >= 15 is 0 Å². The lowest BCUT2D eigenvalue weighted by atomic mass is 10.0. The summed E-state index contributed by atoms with van der Waals surface area (Å²) in [5, 5.41) is 9.98. The molecule has 3 aromatic heterocycles. The van der Waals surface area contributed by atoms with Gasteiger partial charge < -0.3 is 20.9 Å². The molecule has 1 fully saturated rings. The van der Waals surface area contributed by atoms with Crippen LogP contribution in [0.25, 0.3) is 10.9 Å². The second-order valence-electron chi connectivity index (χ2n) is 8.14. The van der Waals surface area contributed by atoms with Gasteiger partial charge in [-0.2, -0.15) is 0 Å². The number of amides is 2. The zero-order valence-corrected chi connectivity index (χ0v) is 19.1. The summed E-state index contributed by atoms with van der Waals surface area (Å²) in [5.41, 5.74) is 2.97. The molecule has 1 aliphatic heterocycles. The molecule has 1 saturated heterocycles. The lowest BCUT2D eigenvalue weighted by Crippen LogP contribution is -2.49. The van der Waals surface area contributed by atoms with Crippen LogP contribution in [0.1, 0.15) is 29.5 Å². The van der Waals surface area contributed by atoms with Crippen molar-refractivity contribution in [2.24, 2.45) is 5.92 Å². The Morgan fingerprint density at radius 3 is 2.97 bits per heavy atom. The summed E-state index contributed by atoms with van der Waals surface area (Å²) in [6.45, 7) is 4.85. The summed E-state index contributed by atoms with van der Waals surface area (Å²) >= 11 is 7.77. The Morgan fingerprint density at radius 2 is 2.23 bits per heavy atom. The molecule has 7 nitrogen and oxygen atoms in total. The average Bonchev–Trinajstić information content (AvgIpc) is 3.45. The maximum Gasteiger partial charge on any atom is 0.242 e. The second kappa shape index (κ2) is 9.38. The number of pyridine rings is 1. The van der Waals surface area contributed by atoms with Crippen molar-refractivity contribution in [1.29, 1.82) is 0 Å². The number of H-pyrrole nitrogens is 1. The molecule has 31 heavy (non-hydrogen) atoms. The average molecular weight is 460 g/mol. The van der Waals surface area contributed by atoms with Crippen molar-refractivity contribution in [1.82, 2.24) is 25.9 Å². The fraction of sp³-hybridized carbons (Fsp3) is 0.409. The molecule has 0 spiro atoms. The Labute approximate surface area is 190 Å². The molecular weight excluding hydrogens is 434 g/mol. The molecule has 4 rings (SSSR count). The van der Waals surface area contributed by atoms with Gasteiger partial charge in [-0.05, 0) is 62.9 Å². The van der Waals surface area contributed by atoms with E-state index in [0.29, 0.717) is 12.5 Å². The van der Waals surface area contributed by atoms with Crippen LogP contribution in [-0.4, -0.2) is 40.4 Å². The molecule has 0 saturated carbocycles. The van der Waals surface area contributed by atoms with Gasteiger partial charge in [0, 0.05) is 33.9 Å². The topological polar surface area (TPSA) is 98.9 Å². The van der Waals surface area contributed by atoms with Gasteiger partial charge in [-0.1, -0.05) is 11.6 Å². The molecular formula is C22H26ClN5O2S. The Balaban J connectivity index is 1.23. The summed E-state index contributed by atoms with van der Waals surface area (Å²) in [5.74, 6) is 0.0242. The zero-order chi connectivity index (χ0) is 22.0. The van der Waals surface area contributed by atoms with Crippen LogP contribution in [0.4, 0.5) is 0 Å². The SMILES string of the molecule is Cc1cc(C[C@@H]2CN[C@@H](C(=O)N[C@@H](C)C(=O)NCc3cc4cnccc4[nH]3)C2)sc1Cl. The van der Waals surface area contributed by atoms with Gasteiger partial charge >= 0.3 is 0 Å². The fourth-order valence-corrected chi connectivity index (χ4v) is 5.27. The van der Waals surface area contributed by atoms with Crippen LogP contribution >= 0.6 is 22.9 Å². The molecule has 0 aromatic carbocycles. The van der Waals surface area contributed by atoms with Crippen LogP contribution in [0.3, 0.4) is 0 Å². The molecule has 0 aliphatic carbocycles. The Morgan fingerprint density at radius 1 is 1.39 bits per heavy atom. The van der Waals surface area contributed by atoms with E-state index in [1.807, 2.05) is 19.1 Å². The number of rotatable bonds is 7. The van der Waals surface area contributed by atoms with Crippen molar-refractivity contribution in [2.45, 2.75) is 45.3 Å². The molecule has 4 N–H and O–H groups in total. The molecule has 4 heterocycles. The number of halogens is 1. The van der Waals surface area contributed by atoms with E-state index in [1.54, 1.807) is 30.7 Å². The van der Waals surface area contributed by atoms with Gasteiger partial charge in [-0.15, -0.1) is 11.3 Å². The molecule has 3 atom stereocenters. The Hall–Kier alpha value is -2.42. The summed E-state index contributed by atoms with van der Waals surface area (Å²) in [6.07, 6.45) is 5.15. The first kappa shape index (κ1) is 21.8. The van der Waals surface area contributed by atoms with Gasteiger partial charge in [-0.3, -0.25) is 14.6 Å². The van der Waals surface area contributed by atoms with Crippen LogP contribution in [0, 0.1) is 12.8 Å². The van der Waals surface area contributed by atoms with Crippen LogP contribution in [0.5, 0.6) is 0 Å². The van der Waals surface area contributed by atoms with Crippen LogP contribution in [0.2, 0.25) is 4.34 Å². The van der Waals surface area contributed by atoms with Crippen molar-refractivity contribution in [3.8, 4) is 0 Å². The molecule has 9 heteroatoms. The van der Waals surface area contributed by atoms with Gasteiger partial charge in [-0.25, -0.2) is 0 Å². The number of thiophene rings is 1. The third-order valence-corrected chi connectivity index (χ3v) is 7.20. The smallest absolute Gasteiger partial charge is 0.242 e. The van der Waals surface area contributed by atoms with Crippen molar-refractivity contribution in [2.75, 3.05) is 6.54 Å². The molecule has 0 bridgehead atoms. The van der Waals surface area contributed by atoms with E-state index in [-0.39, 0.29) is 17.9 Å². The van der Waals surface area contributed by atoms with Crippen molar-refractivity contribution >= 4 is 45.7 Å². The van der Waals surface area contributed by atoms with E-state index in [0.717, 1.165) is 45.9 Å². The number of carbonyl (C=O) groups is 2. The van der Waals surface area contributed by atoms with E-state index in [9.17, 15) is 9.59 Å². The highest BCUT2D eigenvalue weighted by atomic mass is 35.5. The number of fused-ring (bicyclic) bond motifs is 1. The third kappa shape index (κ3) is 5.26. The van der Waals surface area contributed by atoms with Gasteiger partial charge in [0.05, 0.1) is 16.9 Å². The van der Waals surface area contributed by atoms with Crippen LogP contribution < -0.4 is 16.0 Å². The predicted octanol–water partition coefficient (Wildman–Crippen LogP) is 2.93. The van der Waals surface area contributed by atoms with Crippen molar-refractivity contribution < 1.29 is 9.59 Å². The predicted molar refractivity (Wildman–Crippen MR) is 123 cm³/mol. The number of carbonyl (C=O) groups excluding carboxylic acids is 2. The standard InChI is InChI=1S/C22H26ClN5O2S/c1-12-5-17(31-20(12)23)6-14-7-19(25-9-14)22(30)27-13(2)21(29)26-11-16-8-15-10-24-4-3-18(15)28-16/h3-5,8,10,13-14,19,25,28H,6-7,9,11H2,1-2H3,(H,26,29)(H,27,30)/t13-,14-,19+/m0/s1. The summed E-state index contributed by atoms with van der Waals surface area (Å²) < 4.78 is 0.833. The highest BCUT2D eigenvalue weighted by Crippen LogP contribution is 2.30. The van der Waals surface area contributed by atoms with Crippen molar-refractivity contribution in [3.63, 3.8) is 0 Å². The molecule has 0 unspecified atom stereocenters. The number of nitrogens with zero attached hydrogens (tertiary/aromatic N) is 1. The molecule has 164 valence electrons. The molecule has 2 amide bonds. The number of hydrogen-bond donors (Lipinski definition) is 4. The van der Waals surface area contributed by atoms with Gasteiger partial charge in [0.2, 0.25) is 11.8 Å². The maximum absolute atomic E-state index is 12.6. The highest BCUT2D eigenvalue weighted by Gasteiger charge is 2.31. The van der Waals surface area contributed by atoms with Gasteiger partial charge in [0.1, 0.15) is 6.04 Å². The first-order valence-electron chi connectivity index (χ1n) is 10.4. The first-order chi connectivity index (χ1) is 14.9. The van der Waals surface area contributed by atoms with E-state index in [1.165, 1.54) is 4.88 Å². The third-order valence-electron chi connectivity index (χ3n) is 5.62. The Bertz CT molecular complexity index is 1040. The van der Waals surface area contributed by atoms with Crippen LogP contribution in [-0.2, 0) is 22.6 Å². The summed E-state index contributed by atoms with van der Waals surface area (Å²) in [4.78, 5) is 33.6. The van der Waals surface area contributed by atoms with Gasteiger partial charge in [0.15, 0.2) is 0 Å². The molecule has 1 aliphatic rings. The van der Waals surface area contributed by atoms with E-state index < -0.39 is 6.04 Å². The summed E-state index contributed by atoms with van der Waals surface area (Å²) in [6, 6.07) is 5.07. The Kier molecular flexibility index (Phi) is 6.60. The number of aryl methyl sites for hydroxylation is 1. The quantitative estimate of drug-likeness (QED) is 0.436. The van der Waals surface area contributed by atoms with Gasteiger partial charge in [0.25, 0.3) is 0 Å². The summed E-state index contributed by atoms with van der Waals surface area (Å²) in [7, 11) is 0. The van der Waals surface area contributed by atoms with Crippen molar-refractivity contribution in [3.05, 3.63) is 51.1 Å². The molecule has 3 aromatic rings. The monoisotopic (exact) mass is 459 g/mol. The minimum Gasteiger partial charge on any atom is -0.357 e. The second-order valence-corrected chi connectivity index (χ2v) is 9.88. The van der Waals surface area contributed by atoms with E-state index in [4.69, 9.17) is 11.6 Å². The lowest BCUT2D eigenvalue weighted by Gasteiger charge is -2.17. The molecule has 0 radical (unpaired) electrons. The minimum atomic E-state index is -0.613. The normalized spacial score (nSPS) is 19.5. The zero-order valence-electron chi connectivity index (χ0n) is 17.5. The largest absolute Gasteiger partial charge is 0.357 e. The highest BCUT2D eigenvalue weighted by molar-refractivity contribution is 7.16. The number of nitrogens with one attached hydrogen (secondary N) is 4. The number of aromatic amines is 1. The fourth-order valence-electron chi connectivity index (χ4n) is 3.92. The first-order valence-corrected chi connectivity index (χ1v) is 11.6.